The van der Waals surface area contributed by atoms with E-state index in [1.807, 2.05) is 6.07 Å². The van der Waals surface area contributed by atoms with Crippen molar-refractivity contribution in [3.05, 3.63) is 40.7 Å². The summed E-state index contributed by atoms with van der Waals surface area (Å²) in [5.74, 6) is 0.437. The van der Waals surface area contributed by atoms with Crippen molar-refractivity contribution in [2.45, 2.75) is 6.92 Å². The van der Waals surface area contributed by atoms with Crippen LogP contribution in [0.4, 0.5) is 11.5 Å². The first-order chi connectivity index (χ1) is 7.25. The Morgan fingerprint density at radius 1 is 1.47 bits per heavy atom. The van der Waals surface area contributed by atoms with Crippen LogP contribution in [-0.2, 0) is 0 Å². The van der Waals surface area contributed by atoms with E-state index in [-0.39, 0.29) is 0 Å². The van der Waals surface area contributed by atoms with Crippen LogP contribution in [0.15, 0.2) is 29.3 Å². The van der Waals surface area contributed by atoms with Crippen molar-refractivity contribution in [1.29, 1.82) is 0 Å². The molecule has 0 atom stereocenters. The molecule has 0 aliphatic rings. The number of aryl methyl sites for hydroxylation is 1. The highest BCUT2D eigenvalue weighted by atomic mass is 16.1. The van der Waals surface area contributed by atoms with E-state index in [0.717, 1.165) is 5.69 Å². The zero-order valence-corrected chi connectivity index (χ0v) is 8.06. The minimum Gasteiger partial charge on any atom is -0.337 e. The highest BCUT2D eigenvalue weighted by molar-refractivity contribution is 5.55. The summed E-state index contributed by atoms with van der Waals surface area (Å²) in [5, 5.41) is 9.00. The van der Waals surface area contributed by atoms with Gasteiger partial charge in [0.05, 0.1) is 11.9 Å². The van der Waals surface area contributed by atoms with Gasteiger partial charge in [0.15, 0.2) is 5.82 Å². The Morgan fingerprint density at radius 3 is 3.07 bits per heavy atom. The molecule has 0 fully saturated rings. The molecule has 0 aliphatic carbocycles. The van der Waals surface area contributed by atoms with Crippen LogP contribution in [0.1, 0.15) is 5.69 Å². The second-order valence-corrected chi connectivity index (χ2v) is 2.94. The van der Waals surface area contributed by atoms with Gasteiger partial charge in [-0.2, -0.15) is 10.1 Å². The van der Waals surface area contributed by atoms with Crippen molar-refractivity contribution in [2.24, 2.45) is 0 Å². The van der Waals surface area contributed by atoms with Crippen LogP contribution in [0.2, 0.25) is 0 Å². The molecule has 0 aliphatic heterocycles. The predicted octanol–water partition coefficient (Wildman–Crippen LogP) is 0.612. The lowest BCUT2D eigenvalue weighted by atomic mass is 10.4. The fourth-order valence-electron chi connectivity index (χ4n) is 1.08. The minimum atomic E-state index is -0.480. The topological polar surface area (TPSA) is 83.6 Å². The van der Waals surface area contributed by atoms with Crippen LogP contribution in [0, 0.1) is 6.92 Å². The van der Waals surface area contributed by atoms with Crippen LogP contribution in [-0.4, -0.2) is 20.2 Å². The third-order valence-electron chi connectivity index (χ3n) is 1.80. The zero-order chi connectivity index (χ0) is 10.7. The highest BCUT2D eigenvalue weighted by Gasteiger charge is 2.02. The normalized spacial score (nSPS) is 9.93. The molecular formula is C9H9N5O. The van der Waals surface area contributed by atoms with Crippen LogP contribution >= 0.6 is 0 Å². The van der Waals surface area contributed by atoms with Crippen molar-refractivity contribution in [3.8, 4) is 0 Å². The third-order valence-corrected chi connectivity index (χ3v) is 1.80. The summed E-state index contributed by atoms with van der Waals surface area (Å²) < 4.78 is 0. The van der Waals surface area contributed by atoms with Gasteiger partial charge in [0.1, 0.15) is 5.69 Å². The molecule has 0 unspecified atom stereocenters. The van der Waals surface area contributed by atoms with E-state index >= 15 is 0 Å². The summed E-state index contributed by atoms with van der Waals surface area (Å²) in [4.78, 5) is 18.6. The van der Waals surface area contributed by atoms with Gasteiger partial charge in [0, 0.05) is 6.20 Å². The van der Waals surface area contributed by atoms with Crippen molar-refractivity contribution in [2.75, 3.05) is 5.32 Å². The molecule has 0 bridgehead atoms. The number of nitrogens with one attached hydrogen (secondary N) is 2. The Bertz CT molecular complexity index is 507. The largest absolute Gasteiger partial charge is 0.363 e. The van der Waals surface area contributed by atoms with Crippen molar-refractivity contribution >= 4 is 11.5 Å². The molecule has 2 aromatic heterocycles. The summed E-state index contributed by atoms with van der Waals surface area (Å²) in [6.07, 6.45) is 3.31. The Balaban J connectivity index is 2.32. The molecule has 0 radical (unpaired) electrons. The molecule has 6 nitrogen and oxygen atoms in total. The van der Waals surface area contributed by atoms with Crippen molar-refractivity contribution in [1.82, 2.24) is 20.2 Å². The average Bonchev–Trinajstić information content (AvgIpc) is 2.25. The Morgan fingerprint density at radius 2 is 2.33 bits per heavy atom. The fraction of sp³-hybridized carbons (Fsp3) is 0.111. The Kier molecular flexibility index (Phi) is 2.40. The van der Waals surface area contributed by atoms with E-state index in [2.05, 4.69) is 25.5 Å². The second-order valence-electron chi connectivity index (χ2n) is 2.94. The number of rotatable bonds is 2. The zero-order valence-electron chi connectivity index (χ0n) is 8.06. The van der Waals surface area contributed by atoms with Gasteiger partial charge in [-0.05, 0) is 19.1 Å². The summed E-state index contributed by atoms with van der Waals surface area (Å²) in [6, 6.07) is 3.62. The van der Waals surface area contributed by atoms with Gasteiger partial charge >= 0.3 is 5.69 Å². The van der Waals surface area contributed by atoms with E-state index < -0.39 is 5.69 Å². The number of pyridine rings is 1. The molecule has 2 N–H and O–H groups in total. The Labute approximate surface area is 85.4 Å². The van der Waals surface area contributed by atoms with Crippen LogP contribution < -0.4 is 11.0 Å². The molecule has 2 rings (SSSR count). The van der Waals surface area contributed by atoms with Crippen LogP contribution in [0.25, 0.3) is 0 Å². The van der Waals surface area contributed by atoms with Crippen molar-refractivity contribution in [3.63, 3.8) is 0 Å². The summed E-state index contributed by atoms with van der Waals surface area (Å²) >= 11 is 0. The first-order valence-electron chi connectivity index (χ1n) is 4.36. The smallest absolute Gasteiger partial charge is 0.337 e. The number of hydrogen-bond donors (Lipinski definition) is 2. The number of aromatic amines is 1. The average molecular weight is 203 g/mol. The lowest BCUT2D eigenvalue weighted by Gasteiger charge is -2.05. The molecular weight excluding hydrogens is 194 g/mol. The first kappa shape index (κ1) is 9.32. The molecule has 76 valence electrons. The van der Waals surface area contributed by atoms with Crippen molar-refractivity contribution < 1.29 is 0 Å². The first-order valence-corrected chi connectivity index (χ1v) is 4.36. The van der Waals surface area contributed by atoms with Crippen LogP contribution in [0.3, 0.4) is 0 Å². The molecule has 0 aromatic carbocycles. The van der Waals surface area contributed by atoms with Gasteiger partial charge in [-0.3, -0.25) is 4.98 Å². The molecule has 2 heterocycles. The number of hydrogen-bond acceptors (Lipinski definition) is 5. The monoisotopic (exact) mass is 203 g/mol. The summed E-state index contributed by atoms with van der Waals surface area (Å²) in [7, 11) is 0. The number of nitrogens with zero attached hydrogens (tertiary/aromatic N) is 3. The van der Waals surface area contributed by atoms with E-state index in [4.69, 9.17) is 0 Å². The molecule has 0 saturated carbocycles. The summed E-state index contributed by atoms with van der Waals surface area (Å²) in [6.45, 7) is 1.75. The molecule has 0 saturated heterocycles. The number of H-pyrrole nitrogens is 1. The maximum absolute atomic E-state index is 10.9. The third kappa shape index (κ3) is 2.16. The van der Waals surface area contributed by atoms with Gasteiger partial charge in [0.25, 0.3) is 0 Å². The lowest BCUT2D eigenvalue weighted by Crippen LogP contribution is -2.15. The maximum atomic E-state index is 10.9. The molecule has 0 amide bonds. The number of aromatic nitrogens is 4. The van der Waals surface area contributed by atoms with Gasteiger partial charge in [-0.25, -0.2) is 9.89 Å². The van der Waals surface area contributed by atoms with E-state index in [1.165, 1.54) is 0 Å². The SMILES string of the molecule is Cc1n[nH]c(=O)nc1Nc1cccnc1. The fourth-order valence-corrected chi connectivity index (χ4v) is 1.08. The minimum absolute atomic E-state index is 0.437. The molecule has 0 spiro atoms. The summed E-state index contributed by atoms with van der Waals surface area (Å²) in [5.41, 5.74) is 0.908. The lowest BCUT2D eigenvalue weighted by molar-refractivity contribution is 0.884. The molecule has 2 aromatic rings. The predicted molar refractivity (Wildman–Crippen MR) is 54.9 cm³/mol. The van der Waals surface area contributed by atoms with Gasteiger partial charge in [-0.1, -0.05) is 0 Å². The number of anilines is 2. The quantitative estimate of drug-likeness (QED) is 0.747. The van der Waals surface area contributed by atoms with E-state index in [9.17, 15) is 4.79 Å². The molecule has 15 heavy (non-hydrogen) atoms. The molecule has 6 heteroatoms. The van der Waals surface area contributed by atoms with Crippen LogP contribution in [0.5, 0.6) is 0 Å². The Hall–Kier alpha value is -2.24. The van der Waals surface area contributed by atoms with E-state index in [1.54, 1.807) is 25.4 Å². The van der Waals surface area contributed by atoms with E-state index in [0.29, 0.717) is 11.5 Å². The maximum Gasteiger partial charge on any atom is 0.363 e. The van der Waals surface area contributed by atoms with Gasteiger partial charge in [-0.15, -0.1) is 0 Å². The standard InChI is InChI=1S/C9H9N5O/c1-6-8(12-9(15)14-13-6)11-7-3-2-4-10-5-7/h2-5H,1H3,(H2,11,12,14,15). The van der Waals surface area contributed by atoms with Gasteiger partial charge in [0.2, 0.25) is 0 Å². The van der Waals surface area contributed by atoms with Gasteiger partial charge < -0.3 is 5.32 Å². The highest BCUT2D eigenvalue weighted by Crippen LogP contribution is 2.12. The second kappa shape index (κ2) is 3.87.